The molecule has 1 aromatic heterocycles. The molecule has 98 valence electrons. The van der Waals surface area contributed by atoms with E-state index in [2.05, 4.69) is 40.0 Å². The van der Waals surface area contributed by atoms with Crippen LogP contribution in [0.1, 0.15) is 5.56 Å². The lowest BCUT2D eigenvalue weighted by Crippen LogP contribution is -2.02. The number of aromatic nitrogens is 2. The molecular formula is C17H14N2S. The molecule has 3 heteroatoms. The Bertz CT molecular complexity index is 749. The minimum atomic E-state index is 0.639. The van der Waals surface area contributed by atoms with E-state index in [1.54, 1.807) is 6.33 Å². The number of hydrogen-bond acceptors (Lipinski definition) is 2. The summed E-state index contributed by atoms with van der Waals surface area (Å²) < 4.78 is 2.70. The van der Waals surface area contributed by atoms with Gasteiger partial charge in [-0.15, -0.1) is 0 Å². The Labute approximate surface area is 123 Å². The lowest BCUT2D eigenvalue weighted by atomic mass is 10.1. The van der Waals surface area contributed by atoms with E-state index < -0.39 is 0 Å². The summed E-state index contributed by atoms with van der Waals surface area (Å²) in [5.74, 6) is 0. The van der Waals surface area contributed by atoms with E-state index in [1.807, 2.05) is 36.4 Å². The molecule has 20 heavy (non-hydrogen) atoms. The maximum atomic E-state index is 5.33. The first-order valence-electron chi connectivity index (χ1n) is 6.48. The molecule has 0 aliphatic heterocycles. The van der Waals surface area contributed by atoms with Crippen LogP contribution in [0.5, 0.6) is 0 Å². The lowest BCUT2D eigenvalue weighted by Gasteiger charge is -2.09. The Morgan fingerprint density at radius 1 is 0.900 bits per heavy atom. The third kappa shape index (κ3) is 2.83. The van der Waals surface area contributed by atoms with Crippen LogP contribution < -0.4 is 0 Å². The van der Waals surface area contributed by atoms with Crippen LogP contribution in [0.2, 0.25) is 0 Å². The maximum Gasteiger partial charge on any atom is 0.137 e. The van der Waals surface area contributed by atoms with Gasteiger partial charge in [-0.25, -0.2) is 4.98 Å². The zero-order valence-corrected chi connectivity index (χ0v) is 11.8. The highest BCUT2D eigenvalue weighted by Gasteiger charge is 2.02. The van der Waals surface area contributed by atoms with E-state index in [0.717, 1.165) is 17.7 Å². The summed E-state index contributed by atoms with van der Waals surface area (Å²) in [7, 11) is 0. The second-order valence-electron chi connectivity index (χ2n) is 4.62. The van der Waals surface area contributed by atoms with E-state index in [-0.39, 0.29) is 0 Å². The summed E-state index contributed by atoms with van der Waals surface area (Å²) in [5.41, 5.74) is 3.35. The predicted octanol–water partition coefficient (Wildman–Crippen LogP) is 4.33. The van der Waals surface area contributed by atoms with Crippen LogP contribution in [0.25, 0.3) is 11.1 Å². The van der Waals surface area contributed by atoms with Crippen molar-refractivity contribution in [2.45, 2.75) is 6.54 Å². The lowest BCUT2D eigenvalue weighted by molar-refractivity contribution is 0.766. The Kier molecular flexibility index (Phi) is 3.70. The monoisotopic (exact) mass is 278 g/mol. The first kappa shape index (κ1) is 12.8. The van der Waals surface area contributed by atoms with Gasteiger partial charge in [0.2, 0.25) is 0 Å². The fourth-order valence-corrected chi connectivity index (χ4v) is 2.36. The van der Waals surface area contributed by atoms with Crippen molar-refractivity contribution in [2.24, 2.45) is 0 Å². The molecule has 0 aliphatic carbocycles. The summed E-state index contributed by atoms with van der Waals surface area (Å²) in [6, 6.07) is 20.5. The first-order valence-corrected chi connectivity index (χ1v) is 6.89. The summed E-state index contributed by atoms with van der Waals surface area (Å²) in [5, 5.41) is 0. The number of benzene rings is 2. The van der Waals surface area contributed by atoms with E-state index in [1.165, 1.54) is 5.56 Å². The van der Waals surface area contributed by atoms with E-state index in [4.69, 9.17) is 12.2 Å². The Balaban J connectivity index is 1.97. The van der Waals surface area contributed by atoms with E-state index in [9.17, 15) is 0 Å². The van der Waals surface area contributed by atoms with Crippen LogP contribution >= 0.6 is 12.2 Å². The number of hydrogen-bond donors (Lipinski definition) is 0. The minimum Gasteiger partial charge on any atom is -0.334 e. The third-order valence-electron chi connectivity index (χ3n) is 3.14. The summed E-state index contributed by atoms with van der Waals surface area (Å²) in [6.45, 7) is 0.795. The number of nitrogens with zero attached hydrogens (tertiary/aromatic N) is 2. The van der Waals surface area contributed by atoms with Gasteiger partial charge >= 0.3 is 0 Å². The maximum absolute atomic E-state index is 5.33. The van der Waals surface area contributed by atoms with Gasteiger partial charge in [-0.3, -0.25) is 0 Å². The van der Waals surface area contributed by atoms with Crippen molar-refractivity contribution in [3.63, 3.8) is 0 Å². The molecule has 3 rings (SSSR count). The van der Waals surface area contributed by atoms with Crippen molar-refractivity contribution in [1.29, 1.82) is 0 Å². The van der Waals surface area contributed by atoms with Gasteiger partial charge in [0.25, 0.3) is 0 Å². The molecule has 0 N–H and O–H groups in total. The Morgan fingerprint density at radius 2 is 1.55 bits per heavy atom. The average molecular weight is 278 g/mol. The fourth-order valence-electron chi connectivity index (χ4n) is 2.15. The molecular weight excluding hydrogens is 264 g/mol. The molecule has 2 aromatic carbocycles. The van der Waals surface area contributed by atoms with Crippen molar-refractivity contribution in [3.8, 4) is 11.1 Å². The van der Waals surface area contributed by atoms with Crippen molar-refractivity contribution in [3.05, 3.63) is 83.4 Å². The quantitative estimate of drug-likeness (QED) is 0.664. The average Bonchev–Trinajstić information content (AvgIpc) is 2.51. The standard InChI is InChI=1S/C17H14N2S/c20-17-16(15-9-5-2-6-10-15)12-19(13-18-17)11-14-7-3-1-4-8-14/h1-10,12-13H,11H2. The molecule has 0 atom stereocenters. The molecule has 0 saturated heterocycles. The van der Waals surface area contributed by atoms with Crippen LogP contribution in [0, 0.1) is 4.64 Å². The fraction of sp³-hybridized carbons (Fsp3) is 0.0588. The minimum absolute atomic E-state index is 0.639. The van der Waals surface area contributed by atoms with Gasteiger partial charge in [0, 0.05) is 18.3 Å². The smallest absolute Gasteiger partial charge is 0.137 e. The van der Waals surface area contributed by atoms with Crippen LogP contribution in [-0.2, 0) is 6.54 Å². The van der Waals surface area contributed by atoms with Crippen LogP contribution in [0.15, 0.2) is 73.2 Å². The third-order valence-corrected chi connectivity index (χ3v) is 3.47. The van der Waals surface area contributed by atoms with Crippen LogP contribution in [0.4, 0.5) is 0 Å². The topological polar surface area (TPSA) is 17.8 Å². The molecule has 0 saturated carbocycles. The molecule has 1 heterocycles. The molecule has 0 spiro atoms. The summed E-state index contributed by atoms with van der Waals surface area (Å²) >= 11 is 5.33. The van der Waals surface area contributed by atoms with Crippen molar-refractivity contribution in [1.82, 2.24) is 9.55 Å². The highest BCUT2D eigenvalue weighted by atomic mass is 32.1. The van der Waals surface area contributed by atoms with Crippen molar-refractivity contribution >= 4 is 12.2 Å². The second kappa shape index (κ2) is 5.80. The molecule has 2 nitrogen and oxygen atoms in total. The first-order chi connectivity index (χ1) is 9.83. The van der Waals surface area contributed by atoms with Gasteiger partial charge in [-0.05, 0) is 11.1 Å². The van der Waals surface area contributed by atoms with Crippen LogP contribution in [0.3, 0.4) is 0 Å². The Morgan fingerprint density at radius 3 is 2.25 bits per heavy atom. The molecule has 0 aliphatic rings. The van der Waals surface area contributed by atoms with Gasteiger partial charge in [-0.2, -0.15) is 0 Å². The van der Waals surface area contributed by atoms with Crippen molar-refractivity contribution < 1.29 is 0 Å². The van der Waals surface area contributed by atoms with E-state index in [0.29, 0.717) is 4.64 Å². The largest absolute Gasteiger partial charge is 0.334 e. The van der Waals surface area contributed by atoms with E-state index >= 15 is 0 Å². The predicted molar refractivity (Wildman–Crippen MR) is 84.0 cm³/mol. The molecule has 0 unspecified atom stereocenters. The summed E-state index contributed by atoms with van der Waals surface area (Å²) in [6.07, 6.45) is 3.86. The van der Waals surface area contributed by atoms with Gasteiger partial charge in [0.05, 0.1) is 6.33 Å². The van der Waals surface area contributed by atoms with Gasteiger partial charge in [0.15, 0.2) is 0 Å². The van der Waals surface area contributed by atoms with Gasteiger partial charge in [-0.1, -0.05) is 72.9 Å². The molecule has 3 aromatic rings. The SMILES string of the molecule is S=c1ncn(Cc2ccccc2)cc1-c1ccccc1. The zero-order chi connectivity index (χ0) is 13.8. The molecule has 0 fully saturated rings. The summed E-state index contributed by atoms with van der Waals surface area (Å²) in [4.78, 5) is 4.33. The highest BCUT2D eigenvalue weighted by molar-refractivity contribution is 7.71. The second-order valence-corrected chi connectivity index (χ2v) is 5.00. The highest BCUT2D eigenvalue weighted by Crippen LogP contribution is 2.19. The number of rotatable bonds is 3. The molecule has 0 bridgehead atoms. The Hall–Kier alpha value is -2.26. The van der Waals surface area contributed by atoms with Crippen LogP contribution in [-0.4, -0.2) is 9.55 Å². The molecule has 0 radical (unpaired) electrons. The zero-order valence-electron chi connectivity index (χ0n) is 10.9. The van der Waals surface area contributed by atoms with Gasteiger partial charge in [0.1, 0.15) is 4.64 Å². The van der Waals surface area contributed by atoms with Crippen molar-refractivity contribution in [2.75, 3.05) is 0 Å². The molecule has 0 amide bonds. The van der Waals surface area contributed by atoms with Gasteiger partial charge < -0.3 is 4.57 Å². The normalized spacial score (nSPS) is 10.4.